The molecule has 0 aromatic heterocycles. The fourth-order valence-electron chi connectivity index (χ4n) is 1.08. The number of likely N-dealkylation sites (N-methyl/N-ethyl adjacent to an activating group) is 1. The zero-order valence-corrected chi connectivity index (χ0v) is 6.02. The third kappa shape index (κ3) is 1.48. The highest BCUT2D eigenvalue weighted by Gasteiger charge is 2.29. The van der Waals surface area contributed by atoms with E-state index in [1.807, 2.05) is 0 Å². The Bertz CT molecular complexity index is 78.5. The predicted molar refractivity (Wildman–Crippen MR) is 35.9 cm³/mol. The van der Waals surface area contributed by atoms with E-state index in [2.05, 4.69) is 25.8 Å². The van der Waals surface area contributed by atoms with E-state index in [4.69, 9.17) is 0 Å². The van der Waals surface area contributed by atoms with Crippen LogP contribution in [0, 0.1) is 5.92 Å². The minimum absolute atomic E-state index is 0.880. The summed E-state index contributed by atoms with van der Waals surface area (Å²) < 4.78 is 0. The van der Waals surface area contributed by atoms with Crippen LogP contribution in [0.3, 0.4) is 0 Å². The Morgan fingerprint density at radius 2 is 2.12 bits per heavy atom. The van der Waals surface area contributed by atoms with Crippen molar-refractivity contribution in [2.45, 2.75) is 26.3 Å². The quantitative estimate of drug-likeness (QED) is 0.488. The van der Waals surface area contributed by atoms with E-state index < -0.39 is 0 Å². The van der Waals surface area contributed by atoms with Crippen molar-refractivity contribution in [1.29, 1.82) is 0 Å². The van der Waals surface area contributed by atoms with Crippen molar-refractivity contribution in [3.63, 3.8) is 0 Å². The molecule has 1 nitrogen and oxygen atoms in total. The van der Waals surface area contributed by atoms with Gasteiger partial charge in [0, 0.05) is 12.6 Å². The van der Waals surface area contributed by atoms with Crippen LogP contribution in [0.4, 0.5) is 0 Å². The minimum atomic E-state index is 0.880. The Morgan fingerprint density at radius 3 is 2.25 bits per heavy atom. The van der Waals surface area contributed by atoms with E-state index in [1.165, 1.54) is 13.0 Å². The van der Waals surface area contributed by atoms with Crippen molar-refractivity contribution < 1.29 is 0 Å². The molecule has 0 bridgehead atoms. The van der Waals surface area contributed by atoms with Crippen LogP contribution in [-0.4, -0.2) is 24.5 Å². The summed E-state index contributed by atoms with van der Waals surface area (Å²) in [6, 6.07) is 0.926. The molecule has 48 valence electrons. The SMILES string of the molecule is CC(C)C[C@H]1CN1C. The maximum absolute atomic E-state index is 2.39. The van der Waals surface area contributed by atoms with Crippen molar-refractivity contribution in [3.05, 3.63) is 0 Å². The highest BCUT2D eigenvalue weighted by atomic mass is 15.3. The molecule has 2 atom stereocenters. The lowest BCUT2D eigenvalue weighted by Gasteiger charge is -1.99. The second-order valence-electron chi connectivity index (χ2n) is 3.22. The van der Waals surface area contributed by atoms with Crippen molar-refractivity contribution in [2.24, 2.45) is 5.92 Å². The first-order chi connectivity index (χ1) is 3.70. The Kier molecular flexibility index (Phi) is 1.57. The van der Waals surface area contributed by atoms with E-state index in [1.54, 1.807) is 0 Å². The van der Waals surface area contributed by atoms with Crippen molar-refractivity contribution >= 4 is 0 Å². The average Bonchev–Trinajstić information content (AvgIpc) is 2.17. The van der Waals surface area contributed by atoms with Gasteiger partial charge in [-0.25, -0.2) is 0 Å². The van der Waals surface area contributed by atoms with Gasteiger partial charge in [0.05, 0.1) is 0 Å². The highest BCUT2D eigenvalue weighted by molar-refractivity contribution is 4.85. The van der Waals surface area contributed by atoms with Gasteiger partial charge >= 0.3 is 0 Å². The molecule has 0 aliphatic carbocycles. The molecule has 0 spiro atoms. The lowest BCUT2D eigenvalue weighted by molar-refractivity contribution is 0.506. The Hall–Kier alpha value is -0.0400. The Labute approximate surface area is 51.7 Å². The number of nitrogens with zero attached hydrogens (tertiary/aromatic N) is 1. The third-order valence-corrected chi connectivity index (χ3v) is 1.73. The molecule has 1 saturated heterocycles. The molecule has 1 heteroatoms. The van der Waals surface area contributed by atoms with E-state index in [0.717, 1.165) is 12.0 Å². The topological polar surface area (TPSA) is 3.01 Å². The summed E-state index contributed by atoms with van der Waals surface area (Å²) in [5.41, 5.74) is 0. The second kappa shape index (κ2) is 2.06. The molecule has 0 amide bonds. The maximum atomic E-state index is 2.39. The van der Waals surface area contributed by atoms with Gasteiger partial charge < -0.3 is 4.90 Å². The molecular weight excluding hydrogens is 98.1 g/mol. The summed E-state index contributed by atoms with van der Waals surface area (Å²) in [7, 11) is 2.19. The first kappa shape index (κ1) is 6.09. The van der Waals surface area contributed by atoms with Crippen molar-refractivity contribution in [3.8, 4) is 0 Å². The van der Waals surface area contributed by atoms with Gasteiger partial charge in [-0.3, -0.25) is 0 Å². The third-order valence-electron chi connectivity index (χ3n) is 1.73. The van der Waals surface area contributed by atoms with Gasteiger partial charge in [0.1, 0.15) is 0 Å². The Balaban J connectivity index is 2.05. The summed E-state index contributed by atoms with van der Waals surface area (Å²) >= 11 is 0. The molecule has 0 saturated carbocycles. The summed E-state index contributed by atoms with van der Waals surface area (Å²) in [4.78, 5) is 2.39. The van der Waals surface area contributed by atoms with Gasteiger partial charge in [0.25, 0.3) is 0 Å². The molecule has 1 aliphatic heterocycles. The van der Waals surface area contributed by atoms with Gasteiger partial charge in [-0.15, -0.1) is 0 Å². The van der Waals surface area contributed by atoms with Crippen LogP contribution in [-0.2, 0) is 0 Å². The van der Waals surface area contributed by atoms with Crippen LogP contribution in [0.25, 0.3) is 0 Å². The zero-order valence-electron chi connectivity index (χ0n) is 6.02. The molecule has 1 heterocycles. The van der Waals surface area contributed by atoms with Crippen molar-refractivity contribution in [1.82, 2.24) is 4.90 Å². The van der Waals surface area contributed by atoms with Crippen molar-refractivity contribution in [2.75, 3.05) is 13.6 Å². The van der Waals surface area contributed by atoms with Gasteiger partial charge in [0.2, 0.25) is 0 Å². The Morgan fingerprint density at radius 1 is 1.62 bits per heavy atom. The van der Waals surface area contributed by atoms with Crippen LogP contribution in [0.5, 0.6) is 0 Å². The average molecular weight is 113 g/mol. The molecule has 0 N–H and O–H groups in total. The highest BCUT2D eigenvalue weighted by Crippen LogP contribution is 2.21. The van der Waals surface area contributed by atoms with Crippen LogP contribution in [0.1, 0.15) is 20.3 Å². The largest absolute Gasteiger partial charge is 0.301 e. The summed E-state index contributed by atoms with van der Waals surface area (Å²) in [5.74, 6) is 0.880. The number of rotatable bonds is 2. The standard InChI is InChI=1S/C7H15N/c1-6(2)4-7-5-8(7)3/h6-7H,4-5H2,1-3H3/t7-,8?/m0/s1. The van der Waals surface area contributed by atoms with Crippen LogP contribution in [0.15, 0.2) is 0 Å². The minimum Gasteiger partial charge on any atom is -0.301 e. The monoisotopic (exact) mass is 113 g/mol. The van der Waals surface area contributed by atoms with Gasteiger partial charge in [-0.1, -0.05) is 13.8 Å². The van der Waals surface area contributed by atoms with Crippen LogP contribution in [0.2, 0.25) is 0 Å². The lowest BCUT2D eigenvalue weighted by Crippen LogP contribution is -1.98. The maximum Gasteiger partial charge on any atom is 0.0223 e. The molecule has 8 heavy (non-hydrogen) atoms. The van der Waals surface area contributed by atoms with E-state index >= 15 is 0 Å². The zero-order chi connectivity index (χ0) is 6.15. The predicted octanol–water partition coefficient (Wildman–Crippen LogP) is 1.35. The molecule has 0 aromatic carbocycles. The first-order valence-electron chi connectivity index (χ1n) is 3.40. The molecule has 0 radical (unpaired) electrons. The normalized spacial score (nSPS) is 36.0. The van der Waals surface area contributed by atoms with Gasteiger partial charge in [0.15, 0.2) is 0 Å². The second-order valence-corrected chi connectivity index (χ2v) is 3.22. The first-order valence-corrected chi connectivity index (χ1v) is 3.40. The number of hydrogen-bond donors (Lipinski definition) is 0. The van der Waals surface area contributed by atoms with E-state index in [9.17, 15) is 0 Å². The van der Waals surface area contributed by atoms with E-state index in [-0.39, 0.29) is 0 Å². The number of hydrogen-bond acceptors (Lipinski definition) is 1. The summed E-state index contributed by atoms with van der Waals surface area (Å²) in [6.07, 6.45) is 1.39. The fraction of sp³-hybridized carbons (Fsp3) is 1.00. The molecule has 1 unspecified atom stereocenters. The molecule has 1 aliphatic rings. The molecular formula is C7H15N. The van der Waals surface area contributed by atoms with Gasteiger partial charge in [-0.05, 0) is 19.4 Å². The lowest BCUT2D eigenvalue weighted by atomic mass is 10.1. The smallest absolute Gasteiger partial charge is 0.0223 e. The van der Waals surface area contributed by atoms with Gasteiger partial charge in [-0.2, -0.15) is 0 Å². The fourth-order valence-corrected chi connectivity index (χ4v) is 1.08. The molecule has 0 aromatic rings. The summed E-state index contributed by atoms with van der Waals surface area (Å²) in [5, 5.41) is 0. The van der Waals surface area contributed by atoms with Crippen LogP contribution < -0.4 is 0 Å². The van der Waals surface area contributed by atoms with Crippen LogP contribution >= 0.6 is 0 Å². The summed E-state index contributed by atoms with van der Waals surface area (Å²) in [6.45, 7) is 5.90. The molecule has 1 rings (SSSR count). The molecule has 1 fully saturated rings. The van der Waals surface area contributed by atoms with E-state index in [0.29, 0.717) is 0 Å².